The second-order valence-electron chi connectivity index (χ2n) is 5.71. The van der Waals surface area contributed by atoms with Crippen LogP contribution in [0.3, 0.4) is 0 Å². The van der Waals surface area contributed by atoms with E-state index in [2.05, 4.69) is 27.7 Å². The molecule has 1 nitrogen and oxygen atoms in total. The Kier molecular flexibility index (Phi) is 13.1. The molecule has 0 aliphatic carbocycles. The highest BCUT2D eigenvalue weighted by molar-refractivity contribution is 6.92. The van der Waals surface area contributed by atoms with Gasteiger partial charge in [-0.05, 0) is 26.2 Å². The smallest absolute Gasteiger partial charge is 0.0841 e. The topological polar surface area (TPSA) is 9.23 Å². The molecule has 2 unspecified atom stereocenters. The second-order valence-corrected chi connectivity index (χ2v) is 6.43. The van der Waals surface area contributed by atoms with Crippen molar-refractivity contribution in [2.24, 2.45) is 0 Å². The van der Waals surface area contributed by atoms with Crippen molar-refractivity contribution >= 4 is 21.5 Å². The zero-order valence-electron chi connectivity index (χ0n) is 13.9. The Balaban J connectivity index is 0. The van der Waals surface area contributed by atoms with E-state index in [1.165, 1.54) is 38.5 Å². The molecule has 2 atom stereocenters. The first-order chi connectivity index (χ1) is 8.49. The van der Waals surface area contributed by atoms with Crippen LogP contribution in [0.5, 0.6) is 0 Å². The van der Waals surface area contributed by atoms with Gasteiger partial charge >= 0.3 is 0 Å². The Morgan fingerprint density at radius 2 is 1.21 bits per heavy atom. The number of halogens is 1. The summed E-state index contributed by atoms with van der Waals surface area (Å²) in [6, 6.07) is 0. The summed E-state index contributed by atoms with van der Waals surface area (Å²) in [6.45, 7) is 8.89. The number of ether oxygens (including phenoxy) is 1. The normalized spacial score (nSPS) is 14.8. The van der Waals surface area contributed by atoms with Gasteiger partial charge < -0.3 is 4.74 Å². The highest BCUT2D eigenvalue weighted by Gasteiger charge is 2.45. The molecule has 0 heterocycles. The fourth-order valence-corrected chi connectivity index (χ4v) is 3.03. The van der Waals surface area contributed by atoms with Crippen molar-refractivity contribution in [2.75, 3.05) is 7.11 Å². The lowest BCUT2D eigenvalue weighted by molar-refractivity contribution is -0.0449. The zero-order valence-corrected chi connectivity index (χ0v) is 16.0. The predicted octanol–water partition coefficient (Wildman–Crippen LogP) is 6.00. The van der Waals surface area contributed by atoms with E-state index in [1.54, 1.807) is 0 Å². The average molecular weight is 311 g/mol. The van der Waals surface area contributed by atoms with Crippen LogP contribution >= 0.6 is 21.5 Å². The molecule has 0 fully saturated rings. The lowest BCUT2D eigenvalue weighted by Gasteiger charge is -2.44. The molecule has 0 amide bonds. The Morgan fingerprint density at radius 3 is 1.53 bits per heavy atom. The van der Waals surface area contributed by atoms with Gasteiger partial charge in [-0.2, -0.15) is 9.90 Å². The van der Waals surface area contributed by atoms with Crippen LogP contribution in [-0.2, 0) is 4.74 Å². The zero-order chi connectivity index (χ0) is 14.1. The van der Waals surface area contributed by atoms with Crippen LogP contribution in [0.25, 0.3) is 0 Å². The van der Waals surface area contributed by atoms with E-state index in [9.17, 15) is 0 Å². The maximum atomic E-state index is 7.01. The molecule has 0 aromatic rings. The van der Waals surface area contributed by atoms with Crippen LogP contribution in [-0.4, -0.2) is 17.6 Å². The van der Waals surface area contributed by atoms with Crippen molar-refractivity contribution in [1.29, 1.82) is 0 Å². The Morgan fingerprint density at radius 1 is 0.842 bits per heavy atom. The van der Waals surface area contributed by atoms with Gasteiger partial charge in [0.25, 0.3) is 0 Å². The first-order valence-electron chi connectivity index (χ1n) is 7.73. The number of rotatable bonds is 11. The van der Waals surface area contributed by atoms with Gasteiger partial charge in [-0.1, -0.05) is 59.3 Å². The molecule has 0 radical (unpaired) electrons. The van der Waals surface area contributed by atoms with Crippen LogP contribution in [0, 0.1) is 0 Å². The first-order valence-corrected chi connectivity index (χ1v) is 8.11. The molecular formula is C16H36ClOP. The quantitative estimate of drug-likeness (QED) is 0.336. The monoisotopic (exact) mass is 310 g/mol. The molecule has 0 aliphatic rings. The van der Waals surface area contributed by atoms with Crippen molar-refractivity contribution in [3.63, 3.8) is 0 Å². The van der Waals surface area contributed by atoms with Gasteiger partial charge in [-0.15, -0.1) is 11.6 Å². The molecule has 3 heteroatoms. The third-order valence-electron chi connectivity index (χ3n) is 4.26. The molecule has 0 aromatic carbocycles. The summed E-state index contributed by atoms with van der Waals surface area (Å²) in [5, 5.41) is 0. The van der Waals surface area contributed by atoms with Gasteiger partial charge in [0.2, 0.25) is 0 Å². The van der Waals surface area contributed by atoms with E-state index in [0.29, 0.717) is 0 Å². The van der Waals surface area contributed by atoms with E-state index in [0.717, 1.165) is 19.3 Å². The molecule has 0 N–H and O–H groups in total. The maximum absolute atomic E-state index is 7.01. The van der Waals surface area contributed by atoms with Crippen molar-refractivity contribution in [2.45, 2.75) is 96.0 Å². The van der Waals surface area contributed by atoms with Gasteiger partial charge in [0, 0.05) is 7.11 Å². The number of unbranched alkanes of at least 4 members (excludes halogenated alkanes) is 3. The van der Waals surface area contributed by atoms with Gasteiger partial charge in [0.05, 0.1) is 10.5 Å². The molecule has 0 bridgehead atoms. The summed E-state index contributed by atoms with van der Waals surface area (Å²) >= 11 is 7.01. The first kappa shape index (κ1) is 22.0. The fourth-order valence-electron chi connectivity index (χ4n) is 2.59. The van der Waals surface area contributed by atoms with Crippen molar-refractivity contribution < 1.29 is 4.74 Å². The van der Waals surface area contributed by atoms with Crippen molar-refractivity contribution in [3.8, 4) is 0 Å². The van der Waals surface area contributed by atoms with E-state index >= 15 is 0 Å². The highest BCUT2D eigenvalue weighted by Crippen LogP contribution is 2.43. The third-order valence-corrected chi connectivity index (χ3v) is 5.04. The molecule has 0 saturated heterocycles. The lowest BCUT2D eigenvalue weighted by Crippen LogP contribution is -2.49. The van der Waals surface area contributed by atoms with Gasteiger partial charge in [-0.25, -0.2) is 0 Å². The van der Waals surface area contributed by atoms with E-state index < -0.39 is 0 Å². The largest absolute Gasteiger partial charge is 0.377 e. The van der Waals surface area contributed by atoms with Crippen molar-refractivity contribution in [1.82, 2.24) is 0 Å². The minimum atomic E-state index is -0.192. The minimum Gasteiger partial charge on any atom is -0.377 e. The molecule has 19 heavy (non-hydrogen) atoms. The molecule has 0 saturated carbocycles. The van der Waals surface area contributed by atoms with Crippen LogP contribution in [0.2, 0.25) is 0 Å². The standard InChI is InChI=1S/C16H33ClO.H3P/c1-6-9-12-15(4,18-5)16(17,13-10-7-2)14-11-8-3;/h6-14H2,1-5H3;1H3. The van der Waals surface area contributed by atoms with Gasteiger partial charge in [0.1, 0.15) is 0 Å². The number of methoxy groups -OCH3 is 1. The summed E-state index contributed by atoms with van der Waals surface area (Å²) in [5.41, 5.74) is -0.186. The molecule has 0 rings (SSSR count). The minimum absolute atomic E-state index is 0. The molecule has 0 aliphatic heterocycles. The van der Waals surface area contributed by atoms with E-state index in [1.807, 2.05) is 7.11 Å². The van der Waals surface area contributed by atoms with Gasteiger partial charge in [0.15, 0.2) is 0 Å². The van der Waals surface area contributed by atoms with Crippen LogP contribution < -0.4 is 0 Å². The summed E-state index contributed by atoms with van der Waals surface area (Å²) in [5.74, 6) is 0. The van der Waals surface area contributed by atoms with Crippen LogP contribution in [0.1, 0.15) is 85.5 Å². The number of alkyl halides is 1. The molecule has 0 aromatic heterocycles. The van der Waals surface area contributed by atoms with Crippen LogP contribution in [0.4, 0.5) is 0 Å². The molecule has 118 valence electrons. The SMILES string of the molecule is CCCCC(Cl)(CCCC)C(C)(CCCC)OC.P. The molecule has 0 spiro atoms. The highest BCUT2D eigenvalue weighted by atomic mass is 35.5. The second kappa shape index (κ2) is 11.4. The van der Waals surface area contributed by atoms with Gasteiger partial charge in [-0.3, -0.25) is 0 Å². The number of hydrogen-bond donors (Lipinski definition) is 0. The van der Waals surface area contributed by atoms with E-state index in [4.69, 9.17) is 16.3 Å². The molecular weight excluding hydrogens is 275 g/mol. The summed E-state index contributed by atoms with van der Waals surface area (Å²) in [7, 11) is 1.82. The Hall–Kier alpha value is 0.680. The van der Waals surface area contributed by atoms with Crippen molar-refractivity contribution in [3.05, 3.63) is 0 Å². The average Bonchev–Trinajstić information content (AvgIpc) is 2.39. The Bertz CT molecular complexity index is 203. The number of hydrogen-bond acceptors (Lipinski definition) is 1. The van der Waals surface area contributed by atoms with E-state index in [-0.39, 0.29) is 20.4 Å². The fraction of sp³-hybridized carbons (Fsp3) is 1.00. The predicted molar refractivity (Wildman–Crippen MR) is 93.7 cm³/mol. The third kappa shape index (κ3) is 6.78. The maximum Gasteiger partial charge on any atom is 0.0841 e. The summed E-state index contributed by atoms with van der Waals surface area (Å²) in [6.07, 6.45) is 10.4. The lowest BCUT2D eigenvalue weighted by atomic mass is 9.77. The summed E-state index contributed by atoms with van der Waals surface area (Å²) < 4.78 is 5.87. The van der Waals surface area contributed by atoms with Crippen LogP contribution in [0.15, 0.2) is 0 Å². The summed E-state index contributed by atoms with van der Waals surface area (Å²) in [4.78, 5) is -0.192. The Labute approximate surface area is 129 Å².